The molecule has 172 valence electrons. The number of non-ortho nitro benzene ring substituents is 1. The van der Waals surface area contributed by atoms with Crippen LogP contribution in [0.2, 0.25) is 20.1 Å². The molecule has 0 saturated heterocycles. The summed E-state index contributed by atoms with van der Waals surface area (Å²) in [5.41, 5.74) is 0.00876. The average Bonchev–Trinajstić information content (AvgIpc) is 2.77. The van der Waals surface area contributed by atoms with Crippen molar-refractivity contribution in [1.29, 1.82) is 0 Å². The van der Waals surface area contributed by atoms with Gasteiger partial charge in [0.25, 0.3) is 11.6 Å². The molecule has 0 aliphatic heterocycles. The van der Waals surface area contributed by atoms with Crippen molar-refractivity contribution in [3.05, 3.63) is 84.3 Å². The van der Waals surface area contributed by atoms with Crippen LogP contribution in [0.15, 0.2) is 48.5 Å². The van der Waals surface area contributed by atoms with Gasteiger partial charge in [0.1, 0.15) is 0 Å². The molecule has 1 heterocycles. The molecule has 13 heteroatoms. The Balaban J connectivity index is 1.81. The molecule has 0 aliphatic carbocycles. The molecule has 0 bridgehead atoms. The van der Waals surface area contributed by atoms with E-state index in [2.05, 4.69) is 20.6 Å². The van der Waals surface area contributed by atoms with Gasteiger partial charge in [0, 0.05) is 22.8 Å². The first-order valence-electron chi connectivity index (χ1n) is 9.30. The van der Waals surface area contributed by atoms with Crippen molar-refractivity contribution in [3.63, 3.8) is 0 Å². The molecule has 34 heavy (non-hydrogen) atoms. The maximum absolute atomic E-state index is 13.1. The molecule has 0 spiro atoms. The summed E-state index contributed by atoms with van der Waals surface area (Å²) in [5.74, 6) is -1.41. The molecule has 0 radical (unpaired) electrons. The van der Waals surface area contributed by atoms with Crippen molar-refractivity contribution in [2.24, 2.45) is 0 Å². The largest absolute Gasteiger partial charge is 0.493 e. The van der Waals surface area contributed by atoms with Crippen molar-refractivity contribution < 1.29 is 14.8 Å². The van der Waals surface area contributed by atoms with Gasteiger partial charge in [0.2, 0.25) is 11.8 Å². The second-order valence-electron chi connectivity index (χ2n) is 6.85. The minimum Gasteiger partial charge on any atom is -0.493 e. The standard InChI is InChI=1S/C21H11Cl4N5O4/c22-9-1-4-17(16(25)5-9)27-19(31)12-7-11(30(33)34)8-13-18(12)28-21(29-20(13)32)26-10-2-3-14(23)15(24)6-10/h1-8H,(H,27,31)(H2,26,28,29,32). The molecule has 3 N–H and O–H groups in total. The molecule has 9 nitrogen and oxygen atoms in total. The van der Waals surface area contributed by atoms with Gasteiger partial charge in [-0.05, 0) is 36.4 Å². The van der Waals surface area contributed by atoms with Gasteiger partial charge in [-0.2, -0.15) is 4.98 Å². The number of rotatable bonds is 5. The molecule has 0 saturated carbocycles. The number of benzene rings is 3. The predicted molar refractivity (Wildman–Crippen MR) is 132 cm³/mol. The van der Waals surface area contributed by atoms with Crippen LogP contribution >= 0.6 is 46.4 Å². The molecule has 1 aromatic heterocycles. The Morgan fingerprint density at radius 1 is 0.941 bits per heavy atom. The van der Waals surface area contributed by atoms with Crippen LogP contribution in [0.5, 0.6) is 5.88 Å². The Hall–Kier alpha value is -3.37. The topological polar surface area (TPSA) is 130 Å². The number of nitrogens with one attached hydrogen (secondary N) is 2. The molecular weight excluding hydrogens is 528 g/mol. The molecule has 3 aromatic carbocycles. The van der Waals surface area contributed by atoms with E-state index in [-0.39, 0.29) is 38.1 Å². The molecule has 4 aromatic rings. The summed E-state index contributed by atoms with van der Waals surface area (Å²) in [7, 11) is 0. The van der Waals surface area contributed by atoms with Crippen molar-refractivity contribution in [1.82, 2.24) is 9.97 Å². The minimum atomic E-state index is -0.753. The maximum atomic E-state index is 13.1. The summed E-state index contributed by atoms with van der Waals surface area (Å²) < 4.78 is 0. The second kappa shape index (κ2) is 9.47. The Morgan fingerprint density at radius 2 is 1.71 bits per heavy atom. The number of halogens is 4. The lowest BCUT2D eigenvalue weighted by molar-refractivity contribution is -0.384. The van der Waals surface area contributed by atoms with E-state index in [1.807, 2.05) is 0 Å². The van der Waals surface area contributed by atoms with Gasteiger partial charge in [-0.25, -0.2) is 4.98 Å². The van der Waals surface area contributed by atoms with Crippen LogP contribution in [-0.4, -0.2) is 25.9 Å². The van der Waals surface area contributed by atoms with E-state index in [0.717, 1.165) is 12.1 Å². The van der Waals surface area contributed by atoms with E-state index in [4.69, 9.17) is 46.4 Å². The highest BCUT2D eigenvalue weighted by Crippen LogP contribution is 2.33. The number of carbonyl (C=O) groups excluding carboxylic acids is 1. The third-order valence-electron chi connectivity index (χ3n) is 4.58. The number of carbonyl (C=O) groups is 1. The van der Waals surface area contributed by atoms with Gasteiger partial charge in [-0.3, -0.25) is 14.9 Å². The maximum Gasteiger partial charge on any atom is 0.271 e. The number of aromatic nitrogens is 2. The summed E-state index contributed by atoms with van der Waals surface area (Å²) in [6.45, 7) is 0. The summed E-state index contributed by atoms with van der Waals surface area (Å²) >= 11 is 24.0. The van der Waals surface area contributed by atoms with Crippen LogP contribution in [-0.2, 0) is 0 Å². The number of anilines is 3. The van der Waals surface area contributed by atoms with E-state index in [1.165, 1.54) is 24.3 Å². The molecule has 4 rings (SSSR count). The lowest BCUT2D eigenvalue weighted by atomic mass is 10.1. The number of fused-ring (bicyclic) bond motifs is 1. The van der Waals surface area contributed by atoms with Gasteiger partial charge < -0.3 is 15.7 Å². The van der Waals surface area contributed by atoms with Crippen molar-refractivity contribution >= 4 is 86.2 Å². The smallest absolute Gasteiger partial charge is 0.271 e. The highest BCUT2D eigenvalue weighted by Gasteiger charge is 2.22. The van der Waals surface area contributed by atoms with Crippen molar-refractivity contribution in [3.8, 4) is 5.88 Å². The summed E-state index contributed by atoms with van der Waals surface area (Å²) in [5, 5.41) is 28.4. The van der Waals surface area contributed by atoms with Gasteiger partial charge in [-0.1, -0.05) is 46.4 Å². The molecule has 0 fully saturated rings. The predicted octanol–water partition coefficient (Wildman–Crippen LogP) is 6.85. The number of amides is 1. The van der Waals surface area contributed by atoms with E-state index in [1.54, 1.807) is 12.1 Å². The molecular formula is C21H11Cl4N5O4. The Morgan fingerprint density at radius 3 is 2.38 bits per heavy atom. The first-order valence-corrected chi connectivity index (χ1v) is 10.8. The number of hydrogen-bond donors (Lipinski definition) is 3. The quantitative estimate of drug-likeness (QED) is 0.187. The fourth-order valence-electron chi connectivity index (χ4n) is 3.02. The zero-order valence-electron chi connectivity index (χ0n) is 16.6. The fraction of sp³-hybridized carbons (Fsp3) is 0. The van der Waals surface area contributed by atoms with Gasteiger partial charge in [0.15, 0.2) is 0 Å². The zero-order valence-corrected chi connectivity index (χ0v) is 19.7. The molecule has 0 unspecified atom stereocenters. The van der Waals surface area contributed by atoms with Crippen LogP contribution in [0.1, 0.15) is 10.4 Å². The first kappa shape index (κ1) is 23.8. The van der Waals surface area contributed by atoms with Crippen LogP contribution < -0.4 is 10.6 Å². The number of nitro benzene ring substituents is 1. The highest BCUT2D eigenvalue weighted by atomic mass is 35.5. The number of nitrogens with zero attached hydrogens (tertiary/aromatic N) is 3. The van der Waals surface area contributed by atoms with Crippen LogP contribution in [0.3, 0.4) is 0 Å². The highest BCUT2D eigenvalue weighted by molar-refractivity contribution is 6.42. The van der Waals surface area contributed by atoms with Gasteiger partial charge in [-0.15, -0.1) is 0 Å². The number of aromatic hydroxyl groups is 1. The van der Waals surface area contributed by atoms with Gasteiger partial charge >= 0.3 is 0 Å². The minimum absolute atomic E-state index is 0.0387. The first-order chi connectivity index (χ1) is 16.1. The third-order valence-corrected chi connectivity index (χ3v) is 5.86. The molecule has 0 aliphatic rings. The van der Waals surface area contributed by atoms with Crippen LogP contribution in [0.25, 0.3) is 10.9 Å². The van der Waals surface area contributed by atoms with E-state index < -0.39 is 22.4 Å². The Labute approximate surface area is 211 Å². The van der Waals surface area contributed by atoms with Crippen LogP contribution in [0.4, 0.5) is 23.0 Å². The lowest BCUT2D eigenvalue weighted by Gasteiger charge is -2.12. The third kappa shape index (κ3) is 4.92. The lowest BCUT2D eigenvalue weighted by Crippen LogP contribution is -2.14. The summed E-state index contributed by atoms with van der Waals surface area (Å²) in [6.07, 6.45) is 0. The Bertz CT molecular complexity index is 1480. The van der Waals surface area contributed by atoms with Gasteiger partial charge in [0.05, 0.1) is 42.1 Å². The summed E-state index contributed by atoms with van der Waals surface area (Å²) in [6, 6.07) is 11.2. The normalized spacial score (nSPS) is 10.8. The molecule has 1 amide bonds. The monoisotopic (exact) mass is 537 g/mol. The average molecular weight is 539 g/mol. The second-order valence-corrected chi connectivity index (χ2v) is 8.51. The van der Waals surface area contributed by atoms with Crippen molar-refractivity contribution in [2.45, 2.75) is 0 Å². The Kier molecular flexibility index (Phi) is 6.63. The van der Waals surface area contributed by atoms with E-state index >= 15 is 0 Å². The SMILES string of the molecule is O=C(Nc1ccc(Cl)cc1Cl)c1cc([N+](=O)[O-])cc2c(O)nc(Nc3ccc(Cl)c(Cl)c3)nc12. The summed E-state index contributed by atoms with van der Waals surface area (Å²) in [4.78, 5) is 32.0. The van der Waals surface area contributed by atoms with E-state index in [0.29, 0.717) is 15.7 Å². The number of nitro groups is 1. The number of hydrogen-bond acceptors (Lipinski definition) is 7. The van der Waals surface area contributed by atoms with Crippen molar-refractivity contribution in [2.75, 3.05) is 10.6 Å². The zero-order chi connectivity index (χ0) is 24.6. The molecule has 0 atom stereocenters. The van der Waals surface area contributed by atoms with E-state index in [9.17, 15) is 20.0 Å². The van der Waals surface area contributed by atoms with Crippen LogP contribution in [0, 0.1) is 10.1 Å². The fourth-order valence-corrected chi connectivity index (χ4v) is 3.77.